The molecule has 0 saturated carbocycles. The Balaban J connectivity index is 4.37. The molecule has 0 aliphatic heterocycles. The topological polar surface area (TPSA) is 98.7 Å². The maximum absolute atomic E-state index is 11.8. The minimum atomic E-state index is -1.04. The molecule has 0 aromatic carbocycles. The second kappa shape index (κ2) is 7.60. The average Bonchev–Trinajstić information content (AvgIpc) is 2.33. The highest BCUT2D eigenvalue weighted by Crippen LogP contribution is 2.13. The summed E-state index contributed by atoms with van der Waals surface area (Å²) in [7, 11) is 0. The van der Waals surface area contributed by atoms with E-state index < -0.39 is 17.4 Å². The number of amides is 3. The van der Waals surface area contributed by atoms with E-state index in [1.807, 2.05) is 0 Å². The number of nitrogens with one attached hydrogen (secondary N) is 2. The van der Waals surface area contributed by atoms with Crippen molar-refractivity contribution < 1.29 is 19.5 Å². The number of rotatable bonds is 7. The third-order valence-corrected chi connectivity index (χ3v) is 2.64. The quantitative estimate of drug-likeness (QED) is 0.620. The molecule has 0 spiro atoms. The Bertz CT molecular complexity index is 342. The molecule has 0 aliphatic rings. The molecule has 110 valence electrons. The van der Waals surface area contributed by atoms with Crippen molar-refractivity contribution in [2.24, 2.45) is 5.41 Å². The van der Waals surface area contributed by atoms with E-state index in [0.29, 0.717) is 13.1 Å². The van der Waals surface area contributed by atoms with E-state index in [4.69, 9.17) is 5.11 Å². The van der Waals surface area contributed by atoms with Crippen LogP contribution in [0.3, 0.4) is 0 Å². The number of urea groups is 1. The van der Waals surface area contributed by atoms with E-state index >= 15 is 0 Å². The van der Waals surface area contributed by atoms with Crippen LogP contribution in [0.15, 0.2) is 0 Å². The van der Waals surface area contributed by atoms with Crippen LogP contribution in [0.5, 0.6) is 0 Å². The molecular weight excluding hydrogens is 250 g/mol. The third kappa shape index (κ3) is 6.08. The molecular formula is C12H23N3O4. The Kier molecular flexibility index (Phi) is 6.89. The molecule has 0 fully saturated rings. The zero-order chi connectivity index (χ0) is 15.1. The fourth-order valence-electron chi connectivity index (χ4n) is 1.24. The van der Waals surface area contributed by atoms with Crippen molar-refractivity contribution in [2.75, 3.05) is 26.2 Å². The summed E-state index contributed by atoms with van der Waals surface area (Å²) in [6.07, 6.45) is 0. The van der Waals surface area contributed by atoms with E-state index in [1.54, 1.807) is 13.8 Å². The number of carbonyl (C=O) groups is 3. The van der Waals surface area contributed by atoms with Gasteiger partial charge in [0.05, 0.1) is 5.41 Å². The molecule has 0 saturated heterocycles. The van der Waals surface area contributed by atoms with E-state index in [-0.39, 0.29) is 19.0 Å². The molecule has 0 atom stereocenters. The second-order valence-electron chi connectivity index (χ2n) is 4.82. The summed E-state index contributed by atoms with van der Waals surface area (Å²) in [5.74, 6) is -1.23. The van der Waals surface area contributed by atoms with E-state index in [1.165, 1.54) is 18.7 Å². The Labute approximate surface area is 113 Å². The van der Waals surface area contributed by atoms with Crippen molar-refractivity contribution in [1.29, 1.82) is 0 Å². The van der Waals surface area contributed by atoms with Gasteiger partial charge in [-0.05, 0) is 27.7 Å². The van der Waals surface area contributed by atoms with Gasteiger partial charge in [0, 0.05) is 19.6 Å². The van der Waals surface area contributed by atoms with Gasteiger partial charge >= 0.3 is 12.0 Å². The summed E-state index contributed by atoms with van der Waals surface area (Å²) in [6, 6.07) is -0.442. The highest BCUT2D eigenvalue weighted by molar-refractivity contribution is 5.84. The Morgan fingerprint density at radius 2 is 1.74 bits per heavy atom. The Morgan fingerprint density at radius 3 is 2.16 bits per heavy atom. The van der Waals surface area contributed by atoms with E-state index in [2.05, 4.69) is 10.6 Å². The maximum Gasteiger partial charge on any atom is 0.317 e. The molecule has 0 rings (SSSR count). The lowest BCUT2D eigenvalue weighted by Crippen LogP contribution is -2.48. The van der Waals surface area contributed by atoms with Crippen molar-refractivity contribution in [1.82, 2.24) is 15.5 Å². The second-order valence-corrected chi connectivity index (χ2v) is 4.82. The fourth-order valence-corrected chi connectivity index (χ4v) is 1.24. The zero-order valence-corrected chi connectivity index (χ0v) is 11.9. The molecule has 3 amide bonds. The van der Waals surface area contributed by atoms with Crippen molar-refractivity contribution >= 4 is 17.9 Å². The Morgan fingerprint density at radius 1 is 1.16 bits per heavy atom. The molecule has 7 nitrogen and oxygen atoms in total. The number of carboxylic acids is 1. The number of carboxylic acid groups (broad SMARTS) is 1. The monoisotopic (exact) mass is 273 g/mol. The molecule has 0 radical (unpaired) electrons. The molecule has 0 aliphatic carbocycles. The molecule has 0 aromatic heterocycles. The molecule has 0 unspecified atom stereocenters. The largest absolute Gasteiger partial charge is 0.481 e. The van der Waals surface area contributed by atoms with Gasteiger partial charge in [0.25, 0.3) is 0 Å². The predicted molar refractivity (Wildman–Crippen MR) is 70.7 cm³/mol. The minimum Gasteiger partial charge on any atom is -0.481 e. The first-order valence-electron chi connectivity index (χ1n) is 6.27. The van der Waals surface area contributed by atoms with Crippen molar-refractivity contribution in [2.45, 2.75) is 27.7 Å². The number of nitrogens with zero attached hydrogens (tertiary/aromatic N) is 1. The summed E-state index contributed by atoms with van der Waals surface area (Å²) >= 11 is 0. The normalized spacial score (nSPS) is 10.7. The lowest BCUT2D eigenvalue weighted by molar-refractivity contribution is -0.146. The number of hydrogen-bond acceptors (Lipinski definition) is 3. The number of carbonyl (C=O) groups excluding carboxylic acids is 2. The highest BCUT2D eigenvalue weighted by Gasteiger charge is 2.28. The van der Waals surface area contributed by atoms with Gasteiger partial charge in [0.1, 0.15) is 6.54 Å². The van der Waals surface area contributed by atoms with Gasteiger partial charge < -0.3 is 20.6 Å². The summed E-state index contributed by atoms with van der Waals surface area (Å²) in [4.78, 5) is 35.5. The summed E-state index contributed by atoms with van der Waals surface area (Å²) in [5.41, 5.74) is -1.04. The summed E-state index contributed by atoms with van der Waals surface area (Å²) in [6.45, 7) is 7.44. The number of aliphatic carboxylic acids is 1. The maximum atomic E-state index is 11.8. The van der Waals surface area contributed by atoms with Crippen LogP contribution in [0, 0.1) is 5.41 Å². The van der Waals surface area contributed by atoms with Crippen LogP contribution in [-0.4, -0.2) is 54.1 Å². The van der Waals surface area contributed by atoms with Crippen LogP contribution in [0.2, 0.25) is 0 Å². The number of likely N-dealkylation sites (N-methyl/N-ethyl adjacent to an activating group) is 2. The predicted octanol–water partition coefficient (Wildman–Crippen LogP) is 0.265. The lowest BCUT2D eigenvalue weighted by Gasteiger charge is -2.24. The van der Waals surface area contributed by atoms with E-state index in [0.717, 1.165) is 0 Å². The van der Waals surface area contributed by atoms with Crippen LogP contribution in [0.25, 0.3) is 0 Å². The molecule has 0 heterocycles. The average molecular weight is 273 g/mol. The smallest absolute Gasteiger partial charge is 0.317 e. The lowest BCUT2D eigenvalue weighted by atomic mass is 9.94. The van der Waals surface area contributed by atoms with Gasteiger partial charge in [-0.2, -0.15) is 0 Å². The van der Waals surface area contributed by atoms with Crippen LogP contribution >= 0.6 is 0 Å². The molecule has 3 N–H and O–H groups in total. The van der Waals surface area contributed by atoms with Crippen molar-refractivity contribution in [3.63, 3.8) is 0 Å². The zero-order valence-electron chi connectivity index (χ0n) is 11.9. The van der Waals surface area contributed by atoms with Gasteiger partial charge in [0.2, 0.25) is 5.91 Å². The van der Waals surface area contributed by atoms with Crippen molar-refractivity contribution in [3.8, 4) is 0 Å². The molecule has 7 heteroatoms. The van der Waals surface area contributed by atoms with Crippen LogP contribution in [0.1, 0.15) is 27.7 Å². The summed E-state index contributed by atoms with van der Waals surface area (Å²) < 4.78 is 0. The first kappa shape index (κ1) is 17.2. The fraction of sp³-hybridized carbons (Fsp3) is 0.750. The standard InChI is InChI=1S/C12H23N3O4/c1-5-13-9(16)7-15(6-2)11(19)14-8-12(3,4)10(17)18/h5-8H2,1-4H3,(H,13,16)(H,14,19)(H,17,18). The summed E-state index contributed by atoms with van der Waals surface area (Å²) in [5, 5.41) is 14.1. The van der Waals surface area contributed by atoms with Crippen LogP contribution in [-0.2, 0) is 9.59 Å². The van der Waals surface area contributed by atoms with Crippen LogP contribution < -0.4 is 10.6 Å². The number of hydrogen-bond donors (Lipinski definition) is 3. The Hall–Kier alpha value is -1.79. The van der Waals surface area contributed by atoms with E-state index in [9.17, 15) is 14.4 Å². The molecule has 0 bridgehead atoms. The third-order valence-electron chi connectivity index (χ3n) is 2.64. The van der Waals surface area contributed by atoms with Gasteiger partial charge in [-0.3, -0.25) is 9.59 Å². The first-order valence-corrected chi connectivity index (χ1v) is 6.27. The van der Waals surface area contributed by atoms with Gasteiger partial charge in [-0.1, -0.05) is 0 Å². The molecule has 19 heavy (non-hydrogen) atoms. The van der Waals surface area contributed by atoms with Gasteiger partial charge in [-0.15, -0.1) is 0 Å². The minimum absolute atomic E-state index is 0.00701. The van der Waals surface area contributed by atoms with Crippen molar-refractivity contribution in [3.05, 3.63) is 0 Å². The van der Waals surface area contributed by atoms with Crippen LogP contribution in [0.4, 0.5) is 4.79 Å². The highest BCUT2D eigenvalue weighted by atomic mass is 16.4. The molecule has 0 aromatic rings. The first-order chi connectivity index (χ1) is 8.74. The van der Waals surface area contributed by atoms with Gasteiger partial charge in [0.15, 0.2) is 0 Å². The van der Waals surface area contributed by atoms with Gasteiger partial charge in [-0.25, -0.2) is 4.79 Å². The SMILES string of the molecule is CCNC(=O)CN(CC)C(=O)NCC(C)(C)C(=O)O.